The predicted octanol–water partition coefficient (Wildman–Crippen LogP) is 5.87. The van der Waals surface area contributed by atoms with Crippen LogP contribution < -0.4 is 4.74 Å². The minimum Gasteiger partial charge on any atom is -0.493 e. The van der Waals surface area contributed by atoms with Gasteiger partial charge in [0.05, 0.1) is 17.7 Å². The number of piperidine rings is 1. The lowest BCUT2D eigenvalue weighted by Crippen LogP contribution is -2.40. The van der Waals surface area contributed by atoms with Gasteiger partial charge >= 0.3 is 0 Å². The fourth-order valence-electron chi connectivity index (χ4n) is 3.91. The Morgan fingerprint density at radius 3 is 2.52 bits per heavy atom. The first-order valence-electron chi connectivity index (χ1n) is 11.1. The number of ketones is 1. The molecule has 0 saturated carbocycles. The normalized spacial score (nSPS) is 16.3. The van der Waals surface area contributed by atoms with E-state index in [0.717, 1.165) is 51.7 Å². The molecule has 0 unspecified atom stereocenters. The Bertz CT molecular complexity index is 848. The van der Waals surface area contributed by atoms with Crippen molar-refractivity contribution < 1.29 is 14.6 Å². The second-order valence-electron chi connectivity index (χ2n) is 8.33. The lowest BCUT2D eigenvalue weighted by molar-refractivity contribution is 0.0738. The number of carbonyl (C=O) groups is 1. The van der Waals surface area contributed by atoms with Gasteiger partial charge in [0, 0.05) is 22.7 Å². The van der Waals surface area contributed by atoms with Gasteiger partial charge in [0.25, 0.3) is 0 Å². The van der Waals surface area contributed by atoms with E-state index in [4.69, 9.17) is 27.9 Å². The predicted molar refractivity (Wildman–Crippen MR) is 127 cm³/mol. The molecule has 1 atom stereocenters. The van der Waals surface area contributed by atoms with Crippen LogP contribution >= 0.6 is 23.2 Å². The Morgan fingerprint density at radius 1 is 1.16 bits per heavy atom. The molecule has 4 nitrogen and oxygen atoms in total. The van der Waals surface area contributed by atoms with Crippen LogP contribution in [-0.4, -0.2) is 48.1 Å². The van der Waals surface area contributed by atoms with Crippen molar-refractivity contribution in [1.29, 1.82) is 0 Å². The highest BCUT2D eigenvalue weighted by atomic mass is 35.5. The van der Waals surface area contributed by atoms with Crippen molar-refractivity contribution in [3.8, 4) is 5.75 Å². The van der Waals surface area contributed by atoms with Crippen molar-refractivity contribution in [2.75, 3.05) is 26.2 Å². The third kappa shape index (κ3) is 7.21. The zero-order valence-electron chi connectivity index (χ0n) is 18.0. The smallest absolute Gasteiger partial charge is 0.194 e. The van der Waals surface area contributed by atoms with E-state index in [1.54, 1.807) is 42.5 Å². The summed E-state index contributed by atoms with van der Waals surface area (Å²) >= 11 is 12.3. The fourth-order valence-corrected chi connectivity index (χ4v) is 4.29. The molecule has 1 aliphatic rings. The number of nitrogens with zero attached hydrogens (tertiary/aromatic N) is 1. The molecular formula is C25H31Cl2NO3. The van der Waals surface area contributed by atoms with E-state index in [9.17, 15) is 9.90 Å². The maximum absolute atomic E-state index is 12.7. The van der Waals surface area contributed by atoms with Gasteiger partial charge in [-0.2, -0.15) is 0 Å². The molecule has 31 heavy (non-hydrogen) atoms. The number of likely N-dealkylation sites (tertiary alicyclic amines) is 1. The van der Waals surface area contributed by atoms with Crippen molar-refractivity contribution in [3.63, 3.8) is 0 Å². The van der Waals surface area contributed by atoms with Gasteiger partial charge in [-0.15, -0.1) is 0 Å². The van der Waals surface area contributed by atoms with Crippen LogP contribution in [0.5, 0.6) is 5.75 Å². The number of ether oxygens (including phenoxy) is 1. The molecule has 3 rings (SSSR count). The lowest BCUT2D eigenvalue weighted by Gasteiger charge is -2.33. The molecule has 1 aliphatic heterocycles. The molecule has 0 aromatic heterocycles. The zero-order valence-corrected chi connectivity index (χ0v) is 19.5. The van der Waals surface area contributed by atoms with E-state index in [1.807, 2.05) is 0 Å². The summed E-state index contributed by atoms with van der Waals surface area (Å²) in [5.74, 6) is 1.02. The van der Waals surface area contributed by atoms with Crippen molar-refractivity contribution >= 4 is 29.0 Å². The summed E-state index contributed by atoms with van der Waals surface area (Å²) < 4.78 is 5.97. The van der Waals surface area contributed by atoms with Crippen LogP contribution in [0.15, 0.2) is 42.5 Å². The number of β-amino-alcohol motifs (C(OH)–C–C–N with tert-alkyl or cyclic N) is 1. The molecule has 1 N–H and O–H groups in total. The molecule has 1 fully saturated rings. The van der Waals surface area contributed by atoms with Crippen molar-refractivity contribution in [2.45, 2.75) is 45.1 Å². The van der Waals surface area contributed by atoms with Crippen molar-refractivity contribution in [3.05, 3.63) is 63.6 Å². The minimum absolute atomic E-state index is 0.137. The van der Waals surface area contributed by atoms with E-state index < -0.39 is 0 Å². The Hall–Kier alpha value is -1.59. The van der Waals surface area contributed by atoms with E-state index in [0.29, 0.717) is 39.4 Å². The monoisotopic (exact) mass is 463 g/mol. The molecule has 168 valence electrons. The minimum atomic E-state index is -0.219. The highest BCUT2D eigenvalue weighted by molar-refractivity contribution is 6.35. The number of hydrogen-bond donors (Lipinski definition) is 1. The number of rotatable bonds is 10. The van der Waals surface area contributed by atoms with Gasteiger partial charge in [-0.05, 0) is 80.7 Å². The first kappa shape index (κ1) is 24.1. The SMILES string of the molecule is CCCC[C@@H](O)CN1CCC(COc2ccc(C(=O)c3ccc(Cl)cc3)c(Cl)c2)CC1. The second-order valence-corrected chi connectivity index (χ2v) is 9.17. The molecule has 1 saturated heterocycles. The first-order chi connectivity index (χ1) is 15.0. The summed E-state index contributed by atoms with van der Waals surface area (Å²) in [5.41, 5.74) is 0.998. The van der Waals surface area contributed by atoms with E-state index >= 15 is 0 Å². The number of aliphatic hydroxyl groups is 1. The fraction of sp³-hybridized carbons (Fsp3) is 0.480. The summed E-state index contributed by atoms with van der Waals surface area (Å²) in [6, 6.07) is 12.0. The quantitative estimate of drug-likeness (QED) is 0.447. The van der Waals surface area contributed by atoms with Crippen LogP contribution in [0.25, 0.3) is 0 Å². The molecule has 2 aromatic carbocycles. The summed E-state index contributed by atoms with van der Waals surface area (Å²) in [5, 5.41) is 11.1. The van der Waals surface area contributed by atoms with Crippen LogP contribution in [-0.2, 0) is 0 Å². The number of unbranched alkanes of at least 4 members (excludes halogenated alkanes) is 1. The molecule has 0 radical (unpaired) electrons. The maximum atomic E-state index is 12.7. The van der Waals surface area contributed by atoms with Gasteiger partial charge in [0.1, 0.15) is 5.75 Å². The highest BCUT2D eigenvalue weighted by Gasteiger charge is 2.22. The van der Waals surface area contributed by atoms with Crippen molar-refractivity contribution in [2.24, 2.45) is 5.92 Å². The Morgan fingerprint density at radius 2 is 1.87 bits per heavy atom. The van der Waals surface area contributed by atoms with Crippen molar-refractivity contribution in [1.82, 2.24) is 4.90 Å². The second kappa shape index (κ2) is 11.9. The summed E-state index contributed by atoms with van der Waals surface area (Å²) in [4.78, 5) is 15.0. The summed E-state index contributed by atoms with van der Waals surface area (Å²) in [7, 11) is 0. The van der Waals surface area contributed by atoms with Crippen LogP contribution in [0.3, 0.4) is 0 Å². The largest absolute Gasteiger partial charge is 0.493 e. The number of carbonyl (C=O) groups excluding carboxylic acids is 1. The molecule has 6 heteroatoms. The van der Waals surface area contributed by atoms with Crippen LogP contribution in [0, 0.1) is 5.92 Å². The van der Waals surface area contributed by atoms with Gasteiger partial charge in [0.15, 0.2) is 5.78 Å². The lowest BCUT2D eigenvalue weighted by atomic mass is 9.97. The van der Waals surface area contributed by atoms with Crippen LogP contribution in [0.1, 0.15) is 54.9 Å². The number of benzene rings is 2. The molecule has 0 spiro atoms. The summed E-state index contributed by atoms with van der Waals surface area (Å²) in [6.07, 6.45) is 4.98. The van der Waals surface area contributed by atoms with Crippen LogP contribution in [0.4, 0.5) is 0 Å². The molecule has 2 aromatic rings. The summed E-state index contributed by atoms with van der Waals surface area (Å²) in [6.45, 7) is 5.54. The standard InChI is InChI=1S/C25H31Cl2NO3/c1-2-3-4-21(29)16-28-13-11-18(12-14-28)17-31-22-9-10-23(24(27)15-22)25(30)19-5-7-20(26)8-6-19/h5-10,15,18,21,29H,2-4,11-14,16-17H2,1H3/t21-/m1/s1. The first-order valence-corrected chi connectivity index (χ1v) is 11.8. The number of hydrogen-bond acceptors (Lipinski definition) is 4. The van der Waals surface area contributed by atoms with E-state index in [1.165, 1.54) is 0 Å². The van der Waals surface area contributed by atoms with Gasteiger partial charge in [-0.3, -0.25) is 4.79 Å². The van der Waals surface area contributed by atoms with Crippen LogP contribution in [0.2, 0.25) is 10.0 Å². The molecule has 0 amide bonds. The van der Waals surface area contributed by atoms with E-state index in [2.05, 4.69) is 11.8 Å². The maximum Gasteiger partial charge on any atom is 0.194 e. The molecule has 1 heterocycles. The average molecular weight is 464 g/mol. The number of halogens is 2. The topological polar surface area (TPSA) is 49.8 Å². The van der Waals surface area contributed by atoms with Gasteiger partial charge < -0.3 is 14.7 Å². The average Bonchev–Trinajstić information content (AvgIpc) is 2.77. The third-order valence-corrected chi connectivity index (χ3v) is 6.41. The Balaban J connectivity index is 1.47. The Kier molecular flexibility index (Phi) is 9.21. The third-order valence-electron chi connectivity index (χ3n) is 5.84. The van der Waals surface area contributed by atoms with Gasteiger partial charge in [0.2, 0.25) is 0 Å². The zero-order chi connectivity index (χ0) is 22.2. The van der Waals surface area contributed by atoms with Gasteiger partial charge in [-0.25, -0.2) is 0 Å². The Labute approximate surface area is 195 Å². The highest BCUT2D eigenvalue weighted by Crippen LogP contribution is 2.27. The van der Waals surface area contributed by atoms with Gasteiger partial charge in [-0.1, -0.05) is 43.0 Å². The number of aliphatic hydroxyl groups excluding tert-OH is 1. The molecular weight excluding hydrogens is 433 g/mol. The molecule has 0 aliphatic carbocycles. The van der Waals surface area contributed by atoms with E-state index in [-0.39, 0.29) is 11.9 Å². The molecule has 0 bridgehead atoms.